The smallest absolute Gasteiger partial charge is 0.274 e. The van der Waals surface area contributed by atoms with E-state index in [1.54, 1.807) is 32.4 Å². The summed E-state index contributed by atoms with van der Waals surface area (Å²) in [7, 11) is 3.37. The summed E-state index contributed by atoms with van der Waals surface area (Å²) in [5.41, 5.74) is 1.95. The molecule has 0 saturated carbocycles. The van der Waals surface area contributed by atoms with Crippen LogP contribution in [0.3, 0.4) is 0 Å². The van der Waals surface area contributed by atoms with E-state index < -0.39 is 0 Å². The fourth-order valence-corrected chi connectivity index (χ4v) is 3.77. The van der Waals surface area contributed by atoms with Gasteiger partial charge in [-0.2, -0.15) is 0 Å². The number of methoxy groups -OCH3 is 1. The minimum absolute atomic E-state index is 0.105. The Morgan fingerprint density at radius 1 is 1.17 bits per heavy atom. The summed E-state index contributed by atoms with van der Waals surface area (Å²) >= 11 is 0. The van der Waals surface area contributed by atoms with Crippen molar-refractivity contribution in [2.75, 3.05) is 33.8 Å². The number of likely N-dealkylation sites (tertiary alicyclic amines) is 1. The fraction of sp³-hybridized carbons (Fsp3) is 0.409. The number of nitro benzene ring substituents is 1. The molecule has 1 atom stereocenters. The molecule has 8 heteroatoms. The van der Waals surface area contributed by atoms with E-state index in [2.05, 4.69) is 32.7 Å². The van der Waals surface area contributed by atoms with Gasteiger partial charge in [-0.05, 0) is 43.6 Å². The van der Waals surface area contributed by atoms with Crippen LogP contribution in [0.25, 0.3) is 0 Å². The number of hydrogen-bond donors (Lipinski definition) is 2. The number of nitro groups is 1. The third kappa shape index (κ3) is 5.48. The second-order valence-corrected chi connectivity index (χ2v) is 7.22. The molecular weight excluding hydrogens is 382 g/mol. The van der Waals surface area contributed by atoms with Gasteiger partial charge in [0, 0.05) is 31.8 Å². The van der Waals surface area contributed by atoms with E-state index in [4.69, 9.17) is 4.74 Å². The first kappa shape index (κ1) is 21.6. The van der Waals surface area contributed by atoms with Crippen LogP contribution in [-0.4, -0.2) is 49.6 Å². The SMILES string of the molecule is CN=C(NCc1ccccc1[N+](=O)[O-])NCC(c1ccc(OC)cc1)N1CCCC1. The maximum absolute atomic E-state index is 11.2. The number of hydrogen-bond acceptors (Lipinski definition) is 5. The highest BCUT2D eigenvalue weighted by Crippen LogP contribution is 2.26. The maximum atomic E-state index is 11.2. The predicted molar refractivity (Wildman–Crippen MR) is 118 cm³/mol. The number of aliphatic imine (C=N–C) groups is 1. The standard InChI is InChI=1S/C22H29N5O3/c1-23-22(24-15-18-7-3-4-8-20(18)27(28)29)25-16-21(26-13-5-6-14-26)17-9-11-19(30-2)12-10-17/h3-4,7-12,21H,5-6,13-16H2,1-2H3,(H2,23,24,25). The van der Waals surface area contributed by atoms with Gasteiger partial charge >= 0.3 is 0 Å². The van der Waals surface area contributed by atoms with Gasteiger partial charge in [-0.3, -0.25) is 20.0 Å². The minimum Gasteiger partial charge on any atom is -0.497 e. The summed E-state index contributed by atoms with van der Waals surface area (Å²) in [6.07, 6.45) is 2.41. The van der Waals surface area contributed by atoms with Crippen LogP contribution in [0.1, 0.15) is 30.0 Å². The van der Waals surface area contributed by atoms with Crippen molar-refractivity contribution in [2.45, 2.75) is 25.4 Å². The molecule has 2 aromatic rings. The average molecular weight is 412 g/mol. The van der Waals surface area contributed by atoms with E-state index in [0.29, 0.717) is 24.6 Å². The number of para-hydroxylation sites is 1. The fourth-order valence-electron chi connectivity index (χ4n) is 3.77. The average Bonchev–Trinajstić information content (AvgIpc) is 3.31. The molecule has 0 spiro atoms. The Balaban J connectivity index is 1.65. The summed E-state index contributed by atoms with van der Waals surface area (Å²) in [6, 6.07) is 15.1. The van der Waals surface area contributed by atoms with Gasteiger partial charge in [0.1, 0.15) is 5.75 Å². The zero-order valence-corrected chi connectivity index (χ0v) is 17.5. The molecule has 1 fully saturated rings. The Hall–Kier alpha value is -3.13. The van der Waals surface area contributed by atoms with E-state index in [1.165, 1.54) is 24.5 Å². The van der Waals surface area contributed by atoms with Gasteiger partial charge in [0.2, 0.25) is 0 Å². The van der Waals surface area contributed by atoms with Crippen LogP contribution in [0.2, 0.25) is 0 Å². The summed E-state index contributed by atoms with van der Waals surface area (Å²) in [5.74, 6) is 1.46. The molecule has 0 amide bonds. The van der Waals surface area contributed by atoms with Crippen LogP contribution < -0.4 is 15.4 Å². The lowest BCUT2D eigenvalue weighted by Gasteiger charge is -2.29. The zero-order valence-electron chi connectivity index (χ0n) is 17.5. The second kappa shape index (κ2) is 10.6. The molecule has 1 aliphatic heterocycles. The van der Waals surface area contributed by atoms with Gasteiger partial charge in [0.15, 0.2) is 5.96 Å². The van der Waals surface area contributed by atoms with Crippen LogP contribution in [0.15, 0.2) is 53.5 Å². The molecule has 0 aliphatic carbocycles. The van der Waals surface area contributed by atoms with E-state index in [0.717, 1.165) is 18.8 Å². The lowest BCUT2D eigenvalue weighted by molar-refractivity contribution is -0.385. The quantitative estimate of drug-likeness (QED) is 0.300. The molecular formula is C22H29N5O3. The molecule has 1 unspecified atom stereocenters. The molecule has 1 saturated heterocycles. The van der Waals surface area contributed by atoms with Crippen molar-refractivity contribution in [1.82, 2.24) is 15.5 Å². The Morgan fingerprint density at radius 3 is 2.50 bits per heavy atom. The van der Waals surface area contributed by atoms with Gasteiger partial charge < -0.3 is 15.4 Å². The number of guanidine groups is 1. The second-order valence-electron chi connectivity index (χ2n) is 7.22. The molecule has 1 aliphatic rings. The molecule has 8 nitrogen and oxygen atoms in total. The number of benzene rings is 2. The van der Waals surface area contributed by atoms with E-state index in [9.17, 15) is 10.1 Å². The zero-order chi connectivity index (χ0) is 21.3. The monoisotopic (exact) mass is 411 g/mol. The number of nitrogens with one attached hydrogen (secondary N) is 2. The van der Waals surface area contributed by atoms with Crippen molar-refractivity contribution in [3.8, 4) is 5.75 Å². The first-order chi connectivity index (χ1) is 14.6. The van der Waals surface area contributed by atoms with Crippen molar-refractivity contribution in [3.63, 3.8) is 0 Å². The summed E-state index contributed by atoms with van der Waals surface area (Å²) in [6.45, 7) is 3.15. The lowest BCUT2D eigenvalue weighted by Crippen LogP contribution is -2.42. The van der Waals surface area contributed by atoms with E-state index in [-0.39, 0.29) is 16.7 Å². The molecule has 0 bridgehead atoms. The third-order valence-corrected chi connectivity index (χ3v) is 5.40. The van der Waals surface area contributed by atoms with Crippen LogP contribution >= 0.6 is 0 Å². The molecule has 160 valence electrons. The van der Waals surface area contributed by atoms with Gasteiger partial charge in [-0.15, -0.1) is 0 Å². The summed E-state index contributed by atoms with van der Waals surface area (Å²) in [5, 5.41) is 17.8. The van der Waals surface area contributed by atoms with Crippen molar-refractivity contribution < 1.29 is 9.66 Å². The third-order valence-electron chi connectivity index (χ3n) is 5.40. The van der Waals surface area contributed by atoms with Crippen molar-refractivity contribution in [2.24, 2.45) is 4.99 Å². The topological polar surface area (TPSA) is 92.0 Å². The number of nitrogens with zero attached hydrogens (tertiary/aromatic N) is 3. The Labute approximate surface area is 177 Å². The van der Waals surface area contributed by atoms with Crippen LogP contribution in [0.5, 0.6) is 5.75 Å². The Kier molecular flexibility index (Phi) is 7.62. The molecule has 2 N–H and O–H groups in total. The normalized spacial score (nSPS) is 15.6. The maximum Gasteiger partial charge on any atom is 0.274 e. The molecule has 2 aromatic carbocycles. The highest BCUT2D eigenvalue weighted by atomic mass is 16.6. The van der Waals surface area contributed by atoms with E-state index in [1.807, 2.05) is 12.1 Å². The van der Waals surface area contributed by atoms with Gasteiger partial charge in [-0.25, -0.2) is 0 Å². The number of rotatable bonds is 8. The molecule has 0 aromatic heterocycles. The van der Waals surface area contributed by atoms with Crippen LogP contribution in [0.4, 0.5) is 5.69 Å². The largest absolute Gasteiger partial charge is 0.497 e. The predicted octanol–water partition coefficient (Wildman–Crippen LogP) is 3.11. The van der Waals surface area contributed by atoms with Crippen molar-refractivity contribution in [1.29, 1.82) is 0 Å². The molecule has 0 radical (unpaired) electrons. The summed E-state index contributed by atoms with van der Waals surface area (Å²) < 4.78 is 5.28. The highest BCUT2D eigenvalue weighted by Gasteiger charge is 2.24. The first-order valence-corrected chi connectivity index (χ1v) is 10.2. The highest BCUT2D eigenvalue weighted by molar-refractivity contribution is 5.79. The number of ether oxygens (including phenoxy) is 1. The summed E-state index contributed by atoms with van der Waals surface area (Å²) in [4.78, 5) is 17.6. The van der Waals surface area contributed by atoms with Crippen LogP contribution in [-0.2, 0) is 6.54 Å². The molecule has 30 heavy (non-hydrogen) atoms. The van der Waals surface area contributed by atoms with Crippen LogP contribution in [0, 0.1) is 10.1 Å². The molecule has 3 rings (SSSR count). The van der Waals surface area contributed by atoms with Crippen molar-refractivity contribution >= 4 is 11.6 Å². The van der Waals surface area contributed by atoms with Gasteiger partial charge in [0.05, 0.1) is 18.1 Å². The molecule has 1 heterocycles. The van der Waals surface area contributed by atoms with Gasteiger partial charge in [0.25, 0.3) is 5.69 Å². The first-order valence-electron chi connectivity index (χ1n) is 10.2. The minimum atomic E-state index is -0.361. The lowest BCUT2D eigenvalue weighted by atomic mass is 10.1. The van der Waals surface area contributed by atoms with Gasteiger partial charge in [-0.1, -0.05) is 30.3 Å². The Morgan fingerprint density at radius 2 is 1.87 bits per heavy atom. The Bertz CT molecular complexity index is 863. The van der Waals surface area contributed by atoms with E-state index >= 15 is 0 Å². The van der Waals surface area contributed by atoms with Crippen molar-refractivity contribution in [3.05, 3.63) is 69.8 Å².